The molecule has 0 aliphatic carbocycles. The maximum atomic E-state index is 6.37. The maximum absolute atomic E-state index is 6.37. The summed E-state index contributed by atoms with van der Waals surface area (Å²) in [6, 6.07) is 10.3. The average molecular weight is 409 g/mol. The van der Waals surface area contributed by atoms with E-state index in [1.807, 2.05) is 12.1 Å². The summed E-state index contributed by atoms with van der Waals surface area (Å²) in [6.07, 6.45) is 0.983. The standard InChI is InChI=1S/C14H13Br2ClS/c15-9-14(10-16,7-11-5-6-18-8-11)12-3-1-2-4-13(12)17/h1-6,8H,7,9-10H2. The Morgan fingerprint density at radius 1 is 1.11 bits per heavy atom. The molecule has 0 radical (unpaired) electrons. The predicted molar refractivity (Wildman–Crippen MR) is 88.7 cm³/mol. The Labute approximate surface area is 134 Å². The molecule has 0 saturated carbocycles. The Balaban J connectivity index is 2.40. The highest BCUT2D eigenvalue weighted by Gasteiger charge is 2.32. The molecule has 0 nitrogen and oxygen atoms in total. The number of halogens is 3. The second kappa shape index (κ2) is 6.56. The highest BCUT2D eigenvalue weighted by Crippen LogP contribution is 2.37. The van der Waals surface area contributed by atoms with Gasteiger partial charge in [-0.3, -0.25) is 0 Å². The highest BCUT2D eigenvalue weighted by atomic mass is 79.9. The lowest BCUT2D eigenvalue weighted by Gasteiger charge is -2.31. The first kappa shape index (κ1) is 14.6. The largest absolute Gasteiger partial charge is 0.152 e. The first-order chi connectivity index (χ1) is 8.72. The summed E-state index contributed by atoms with van der Waals surface area (Å²) in [4.78, 5) is 0. The fourth-order valence-electron chi connectivity index (χ4n) is 2.04. The SMILES string of the molecule is Clc1ccccc1C(CBr)(CBr)Cc1ccsc1. The summed E-state index contributed by atoms with van der Waals surface area (Å²) in [5.74, 6) is 0. The first-order valence-electron chi connectivity index (χ1n) is 5.60. The van der Waals surface area contributed by atoms with Crippen molar-refractivity contribution in [3.05, 3.63) is 57.2 Å². The van der Waals surface area contributed by atoms with Crippen LogP contribution in [0, 0.1) is 0 Å². The molecule has 0 bridgehead atoms. The smallest absolute Gasteiger partial charge is 0.0444 e. The molecule has 1 aromatic carbocycles. The zero-order valence-electron chi connectivity index (χ0n) is 9.70. The number of hydrogen-bond acceptors (Lipinski definition) is 1. The van der Waals surface area contributed by atoms with Gasteiger partial charge in [0.25, 0.3) is 0 Å². The fraction of sp³-hybridized carbons (Fsp3) is 0.286. The van der Waals surface area contributed by atoms with Gasteiger partial charge in [0.05, 0.1) is 0 Å². The quantitative estimate of drug-likeness (QED) is 0.559. The van der Waals surface area contributed by atoms with Gasteiger partial charge in [0, 0.05) is 21.1 Å². The Hall–Kier alpha value is 0.170. The van der Waals surface area contributed by atoms with Crippen LogP contribution in [0.4, 0.5) is 0 Å². The highest BCUT2D eigenvalue weighted by molar-refractivity contribution is 9.09. The molecule has 0 N–H and O–H groups in total. The molecule has 4 heteroatoms. The number of rotatable bonds is 5. The normalized spacial score (nSPS) is 11.7. The van der Waals surface area contributed by atoms with Gasteiger partial charge in [0.15, 0.2) is 0 Å². The van der Waals surface area contributed by atoms with Gasteiger partial charge in [-0.2, -0.15) is 11.3 Å². The van der Waals surface area contributed by atoms with Gasteiger partial charge in [0.2, 0.25) is 0 Å². The van der Waals surface area contributed by atoms with Crippen molar-refractivity contribution in [2.75, 3.05) is 10.7 Å². The summed E-state index contributed by atoms with van der Waals surface area (Å²) in [5, 5.41) is 6.92. The van der Waals surface area contributed by atoms with Crippen LogP contribution in [0.15, 0.2) is 41.1 Å². The van der Waals surface area contributed by atoms with Gasteiger partial charge in [-0.25, -0.2) is 0 Å². The zero-order valence-corrected chi connectivity index (χ0v) is 14.4. The van der Waals surface area contributed by atoms with Crippen LogP contribution in [0.25, 0.3) is 0 Å². The average Bonchev–Trinajstić information content (AvgIpc) is 2.90. The molecule has 1 heterocycles. The summed E-state index contributed by atoms with van der Waals surface area (Å²) in [7, 11) is 0. The van der Waals surface area contributed by atoms with Gasteiger partial charge in [-0.15, -0.1) is 0 Å². The van der Waals surface area contributed by atoms with E-state index in [4.69, 9.17) is 11.6 Å². The maximum Gasteiger partial charge on any atom is 0.0444 e. The van der Waals surface area contributed by atoms with E-state index < -0.39 is 0 Å². The topological polar surface area (TPSA) is 0 Å². The van der Waals surface area contributed by atoms with Crippen molar-refractivity contribution < 1.29 is 0 Å². The molecule has 0 aliphatic rings. The first-order valence-corrected chi connectivity index (χ1v) is 9.16. The molecule has 0 aliphatic heterocycles. The molecule has 1 aromatic heterocycles. The molecule has 0 fully saturated rings. The lowest BCUT2D eigenvalue weighted by Crippen LogP contribution is -2.33. The van der Waals surface area contributed by atoms with E-state index in [2.05, 4.69) is 60.8 Å². The lowest BCUT2D eigenvalue weighted by molar-refractivity contribution is 0.552. The zero-order chi connectivity index (χ0) is 13.0. The Morgan fingerprint density at radius 2 is 1.83 bits per heavy atom. The van der Waals surface area contributed by atoms with Crippen LogP contribution in [0.5, 0.6) is 0 Å². The van der Waals surface area contributed by atoms with E-state index in [1.54, 1.807) is 11.3 Å². The van der Waals surface area contributed by atoms with Crippen LogP contribution in [0.3, 0.4) is 0 Å². The summed E-state index contributed by atoms with van der Waals surface area (Å²) in [6.45, 7) is 0. The van der Waals surface area contributed by atoms with Crippen LogP contribution in [0.2, 0.25) is 5.02 Å². The molecular formula is C14H13Br2ClS. The Kier molecular flexibility index (Phi) is 5.31. The molecule has 0 amide bonds. The Morgan fingerprint density at radius 3 is 2.39 bits per heavy atom. The minimum Gasteiger partial charge on any atom is -0.152 e. The predicted octanol–water partition coefficient (Wildman–Crippen LogP) is 5.67. The molecule has 96 valence electrons. The number of alkyl halides is 2. The molecule has 2 aromatic rings. The van der Waals surface area contributed by atoms with Crippen LogP contribution >= 0.6 is 54.8 Å². The summed E-state index contributed by atoms with van der Waals surface area (Å²) >= 11 is 15.4. The molecule has 18 heavy (non-hydrogen) atoms. The number of hydrogen-bond donors (Lipinski definition) is 0. The third kappa shape index (κ3) is 3.01. The van der Waals surface area contributed by atoms with E-state index in [1.165, 1.54) is 11.1 Å². The number of thiophene rings is 1. The van der Waals surface area contributed by atoms with E-state index in [0.717, 1.165) is 22.1 Å². The molecule has 2 rings (SSSR count). The minimum atomic E-state index is -0.000579. The second-order valence-corrected chi connectivity index (χ2v) is 6.64. The van der Waals surface area contributed by atoms with Crippen LogP contribution in [0.1, 0.15) is 11.1 Å². The van der Waals surface area contributed by atoms with E-state index in [-0.39, 0.29) is 5.41 Å². The van der Waals surface area contributed by atoms with Crippen molar-refractivity contribution in [1.29, 1.82) is 0 Å². The minimum absolute atomic E-state index is 0.000579. The van der Waals surface area contributed by atoms with E-state index >= 15 is 0 Å². The van der Waals surface area contributed by atoms with Gasteiger partial charge >= 0.3 is 0 Å². The fourth-order valence-corrected chi connectivity index (χ4v) is 4.98. The number of benzene rings is 1. The van der Waals surface area contributed by atoms with E-state index in [9.17, 15) is 0 Å². The lowest BCUT2D eigenvalue weighted by atomic mass is 9.79. The molecule has 0 unspecified atom stereocenters. The molecule has 0 spiro atoms. The van der Waals surface area contributed by atoms with Crippen molar-refractivity contribution in [3.63, 3.8) is 0 Å². The molecule has 0 atom stereocenters. The van der Waals surface area contributed by atoms with Crippen LogP contribution in [-0.2, 0) is 11.8 Å². The van der Waals surface area contributed by atoms with Crippen LogP contribution < -0.4 is 0 Å². The van der Waals surface area contributed by atoms with Crippen molar-refractivity contribution in [3.8, 4) is 0 Å². The Bertz CT molecular complexity index is 492. The van der Waals surface area contributed by atoms with Gasteiger partial charge in [-0.05, 0) is 40.4 Å². The second-order valence-electron chi connectivity index (χ2n) is 4.34. The molecular weight excluding hydrogens is 395 g/mol. The van der Waals surface area contributed by atoms with Crippen molar-refractivity contribution in [1.82, 2.24) is 0 Å². The van der Waals surface area contributed by atoms with Crippen molar-refractivity contribution >= 4 is 54.8 Å². The van der Waals surface area contributed by atoms with Gasteiger partial charge < -0.3 is 0 Å². The van der Waals surface area contributed by atoms with Gasteiger partial charge in [-0.1, -0.05) is 61.7 Å². The summed E-state index contributed by atoms with van der Waals surface area (Å²) in [5.41, 5.74) is 2.56. The third-order valence-electron chi connectivity index (χ3n) is 3.08. The summed E-state index contributed by atoms with van der Waals surface area (Å²) < 4.78 is 0. The van der Waals surface area contributed by atoms with Crippen LogP contribution in [-0.4, -0.2) is 10.7 Å². The van der Waals surface area contributed by atoms with Crippen molar-refractivity contribution in [2.45, 2.75) is 11.8 Å². The van der Waals surface area contributed by atoms with Crippen molar-refractivity contribution in [2.24, 2.45) is 0 Å². The van der Waals surface area contributed by atoms with Gasteiger partial charge in [0.1, 0.15) is 0 Å². The van der Waals surface area contributed by atoms with E-state index in [0.29, 0.717) is 0 Å². The molecule has 0 saturated heterocycles. The third-order valence-corrected chi connectivity index (χ3v) is 6.29. The monoisotopic (exact) mass is 406 g/mol.